The van der Waals surface area contributed by atoms with Crippen LogP contribution in [0.3, 0.4) is 0 Å². The van der Waals surface area contributed by atoms with Crippen molar-refractivity contribution in [3.8, 4) is 5.75 Å². The van der Waals surface area contributed by atoms with Crippen LogP contribution in [0.15, 0.2) is 22.7 Å². The number of nitrogens with one attached hydrogen (secondary N) is 1. The monoisotopic (exact) mass is 371 g/mol. The third kappa shape index (κ3) is 3.69. The SMILES string of the molecule is COc1cc(NC2CCOC3(CCSCC3)C2)ccc1Br. The molecule has 1 aromatic carbocycles. The number of methoxy groups -OCH3 is 1. The highest BCUT2D eigenvalue weighted by Crippen LogP contribution is 2.38. The molecule has 0 amide bonds. The van der Waals surface area contributed by atoms with E-state index >= 15 is 0 Å². The molecule has 1 spiro atoms. The number of rotatable bonds is 3. The van der Waals surface area contributed by atoms with E-state index in [0.717, 1.165) is 35.4 Å². The van der Waals surface area contributed by atoms with Gasteiger partial charge in [-0.2, -0.15) is 11.8 Å². The average molecular weight is 372 g/mol. The molecule has 1 N–H and O–H groups in total. The molecule has 0 radical (unpaired) electrons. The first-order chi connectivity index (χ1) is 10.2. The Bertz CT molecular complexity index is 486. The largest absolute Gasteiger partial charge is 0.495 e. The first kappa shape index (κ1) is 15.5. The van der Waals surface area contributed by atoms with E-state index in [0.29, 0.717) is 6.04 Å². The van der Waals surface area contributed by atoms with E-state index in [1.54, 1.807) is 7.11 Å². The quantitative estimate of drug-likeness (QED) is 0.856. The van der Waals surface area contributed by atoms with Gasteiger partial charge in [0.05, 0.1) is 17.2 Å². The Morgan fingerprint density at radius 1 is 1.38 bits per heavy atom. The van der Waals surface area contributed by atoms with Crippen molar-refractivity contribution in [1.82, 2.24) is 0 Å². The lowest BCUT2D eigenvalue weighted by molar-refractivity contribution is -0.0865. The Balaban J connectivity index is 1.67. The van der Waals surface area contributed by atoms with Crippen LogP contribution in [0.5, 0.6) is 5.75 Å². The predicted octanol–water partition coefficient (Wildman–Crippen LogP) is 4.31. The van der Waals surface area contributed by atoms with E-state index in [2.05, 4.69) is 45.1 Å². The van der Waals surface area contributed by atoms with Crippen LogP contribution in [-0.2, 0) is 4.74 Å². The fourth-order valence-electron chi connectivity index (χ4n) is 3.23. The molecule has 0 aromatic heterocycles. The lowest BCUT2D eigenvalue weighted by Crippen LogP contribution is -2.46. The molecule has 2 fully saturated rings. The van der Waals surface area contributed by atoms with Crippen molar-refractivity contribution in [1.29, 1.82) is 0 Å². The topological polar surface area (TPSA) is 30.5 Å². The number of thioether (sulfide) groups is 1. The van der Waals surface area contributed by atoms with Gasteiger partial charge in [0.1, 0.15) is 5.75 Å². The summed E-state index contributed by atoms with van der Waals surface area (Å²) in [5.74, 6) is 3.34. The minimum atomic E-state index is 0.126. The van der Waals surface area contributed by atoms with E-state index in [4.69, 9.17) is 9.47 Å². The fourth-order valence-corrected chi connectivity index (χ4v) is 4.87. The second-order valence-corrected chi connectivity index (χ2v) is 7.91. The van der Waals surface area contributed by atoms with E-state index in [1.165, 1.54) is 24.3 Å². The van der Waals surface area contributed by atoms with Gasteiger partial charge in [-0.1, -0.05) is 0 Å². The average Bonchev–Trinajstić information content (AvgIpc) is 2.50. The number of anilines is 1. The number of benzene rings is 1. The van der Waals surface area contributed by atoms with Crippen LogP contribution in [0.1, 0.15) is 25.7 Å². The molecule has 2 aliphatic rings. The van der Waals surface area contributed by atoms with Crippen LogP contribution < -0.4 is 10.1 Å². The summed E-state index contributed by atoms with van der Waals surface area (Å²) >= 11 is 5.55. The molecule has 1 atom stereocenters. The van der Waals surface area contributed by atoms with Crippen LogP contribution in [0.25, 0.3) is 0 Å². The highest BCUT2D eigenvalue weighted by molar-refractivity contribution is 9.10. The zero-order valence-electron chi connectivity index (χ0n) is 12.4. The van der Waals surface area contributed by atoms with E-state index in [9.17, 15) is 0 Å². The lowest BCUT2D eigenvalue weighted by Gasteiger charge is -2.43. The molecule has 21 heavy (non-hydrogen) atoms. The number of halogens is 1. The highest BCUT2D eigenvalue weighted by Gasteiger charge is 2.38. The van der Waals surface area contributed by atoms with Gasteiger partial charge in [-0.15, -0.1) is 0 Å². The molecule has 0 saturated carbocycles. The van der Waals surface area contributed by atoms with Crippen LogP contribution in [0.4, 0.5) is 5.69 Å². The second kappa shape index (κ2) is 6.80. The maximum absolute atomic E-state index is 6.15. The molecular weight excluding hydrogens is 350 g/mol. The zero-order valence-corrected chi connectivity index (χ0v) is 14.8. The molecule has 3 nitrogen and oxygen atoms in total. The Morgan fingerprint density at radius 3 is 2.95 bits per heavy atom. The van der Waals surface area contributed by atoms with Crippen molar-refractivity contribution in [2.24, 2.45) is 0 Å². The Morgan fingerprint density at radius 2 is 2.19 bits per heavy atom. The third-order valence-corrected chi connectivity index (χ3v) is 6.06. The summed E-state index contributed by atoms with van der Waals surface area (Å²) < 4.78 is 12.5. The molecule has 0 aliphatic carbocycles. The zero-order chi connectivity index (χ0) is 14.7. The van der Waals surface area contributed by atoms with Gasteiger partial charge in [0.15, 0.2) is 0 Å². The summed E-state index contributed by atoms with van der Waals surface area (Å²) in [6, 6.07) is 6.69. The number of hydrogen-bond acceptors (Lipinski definition) is 4. The normalized spacial score (nSPS) is 24.8. The summed E-state index contributed by atoms with van der Waals surface area (Å²) in [4.78, 5) is 0. The molecule has 2 heterocycles. The van der Waals surface area contributed by atoms with Crippen molar-refractivity contribution in [2.75, 3.05) is 30.5 Å². The van der Waals surface area contributed by atoms with Gasteiger partial charge in [-0.3, -0.25) is 0 Å². The summed E-state index contributed by atoms with van der Waals surface area (Å²) in [5.41, 5.74) is 1.25. The molecule has 3 rings (SSSR count). The molecule has 2 aliphatic heterocycles. The van der Waals surface area contributed by atoms with Crippen LogP contribution in [-0.4, -0.2) is 36.9 Å². The van der Waals surface area contributed by atoms with Crippen molar-refractivity contribution >= 4 is 33.4 Å². The smallest absolute Gasteiger partial charge is 0.135 e. The van der Waals surface area contributed by atoms with Gasteiger partial charge < -0.3 is 14.8 Å². The minimum absolute atomic E-state index is 0.126. The highest BCUT2D eigenvalue weighted by atomic mass is 79.9. The summed E-state index contributed by atoms with van der Waals surface area (Å²) in [5, 5.41) is 3.67. The maximum atomic E-state index is 6.15. The molecule has 1 unspecified atom stereocenters. The molecule has 116 valence electrons. The van der Waals surface area contributed by atoms with Crippen molar-refractivity contribution in [3.05, 3.63) is 22.7 Å². The van der Waals surface area contributed by atoms with Gasteiger partial charge >= 0.3 is 0 Å². The second-order valence-electron chi connectivity index (χ2n) is 5.83. The first-order valence-corrected chi connectivity index (χ1v) is 9.47. The Kier molecular flexibility index (Phi) is 5.02. The molecular formula is C16H22BrNO2S. The van der Waals surface area contributed by atoms with E-state index in [1.807, 2.05) is 6.07 Å². The first-order valence-electron chi connectivity index (χ1n) is 7.53. The summed E-state index contributed by atoms with van der Waals surface area (Å²) in [6.45, 7) is 0.871. The van der Waals surface area contributed by atoms with Crippen molar-refractivity contribution in [2.45, 2.75) is 37.3 Å². The standard InChI is InChI=1S/C16H22BrNO2S/c1-19-15-10-12(2-3-14(15)17)18-13-4-7-20-16(11-13)5-8-21-9-6-16/h2-3,10,13,18H,4-9,11H2,1H3. The Hall–Kier alpha value is -0.390. The van der Waals surface area contributed by atoms with Gasteiger partial charge in [0.25, 0.3) is 0 Å². The van der Waals surface area contributed by atoms with E-state index in [-0.39, 0.29) is 5.60 Å². The minimum Gasteiger partial charge on any atom is -0.495 e. The molecule has 1 aromatic rings. The van der Waals surface area contributed by atoms with Crippen LogP contribution >= 0.6 is 27.7 Å². The maximum Gasteiger partial charge on any atom is 0.135 e. The lowest BCUT2D eigenvalue weighted by atomic mass is 9.85. The summed E-state index contributed by atoms with van der Waals surface area (Å²) in [7, 11) is 1.70. The van der Waals surface area contributed by atoms with E-state index < -0.39 is 0 Å². The summed E-state index contributed by atoms with van der Waals surface area (Å²) in [6.07, 6.45) is 4.58. The van der Waals surface area contributed by atoms with Gasteiger partial charge in [-0.05, 0) is 65.3 Å². The molecule has 2 saturated heterocycles. The number of hydrogen-bond donors (Lipinski definition) is 1. The van der Waals surface area contributed by atoms with Gasteiger partial charge in [-0.25, -0.2) is 0 Å². The number of ether oxygens (including phenoxy) is 2. The fraction of sp³-hybridized carbons (Fsp3) is 0.625. The molecule has 5 heteroatoms. The van der Waals surface area contributed by atoms with Crippen LogP contribution in [0.2, 0.25) is 0 Å². The molecule has 0 bridgehead atoms. The van der Waals surface area contributed by atoms with Gasteiger partial charge in [0, 0.05) is 24.4 Å². The Labute approximate surface area is 139 Å². The predicted molar refractivity (Wildman–Crippen MR) is 92.6 cm³/mol. The van der Waals surface area contributed by atoms with Gasteiger partial charge in [0.2, 0.25) is 0 Å². The van der Waals surface area contributed by atoms with Crippen molar-refractivity contribution < 1.29 is 9.47 Å². The third-order valence-electron chi connectivity index (χ3n) is 4.42. The van der Waals surface area contributed by atoms with Crippen LogP contribution in [0, 0.1) is 0 Å². The van der Waals surface area contributed by atoms with Crippen molar-refractivity contribution in [3.63, 3.8) is 0 Å².